The molecule has 1 aromatic heterocycles. The Morgan fingerprint density at radius 3 is 3.33 bits per heavy atom. The topological polar surface area (TPSA) is 60.7 Å². The number of nitrogens with one attached hydrogen (secondary N) is 2. The molecule has 0 saturated carbocycles. The first kappa shape index (κ1) is 9.94. The van der Waals surface area contributed by atoms with Gasteiger partial charge in [0, 0.05) is 12.7 Å². The van der Waals surface area contributed by atoms with Gasteiger partial charge in [0.2, 0.25) is 0 Å². The van der Waals surface area contributed by atoms with Crippen molar-refractivity contribution in [3.63, 3.8) is 0 Å². The Morgan fingerprint density at radius 2 is 2.60 bits per heavy atom. The Bertz CT molecular complexity index is 363. The highest BCUT2D eigenvalue weighted by Crippen LogP contribution is 2.10. The van der Waals surface area contributed by atoms with Gasteiger partial charge in [0.25, 0.3) is 0 Å². The van der Waals surface area contributed by atoms with Gasteiger partial charge in [-0.25, -0.2) is 4.98 Å². The van der Waals surface area contributed by atoms with Crippen LogP contribution in [0, 0.1) is 17.2 Å². The van der Waals surface area contributed by atoms with Gasteiger partial charge in [0.05, 0.1) is 11.6 Å². The highest BCUT2D eigenvalue weighted by atomic mass is 15.0. The monoisotopic (exact) mass is 202 g/mol. The lowest BCUT2D eigenvalue weighted by molar-refractivity contribution is 0.614. The SMILES string of the molecule is N#Cc1ccnc(NC[C@@H]2CCNC2)c1. The molecule has 0 spiro atoms. The molecule has 0 aromatic carbocycles. The highest BCUT2D eigenvalue weighted by Gasteiger charge is 2.13. The molecule has 0 bridgehead atoms. The summed E-state index contributed by atoms with van der Waals surface area (Å²) >= 11 is 0. The van der Waals surface area contributed by atoms with Crippen LogP contribution in [0.15, 0.2) is 18.3 Å². The largest absolute Gasteiger partial charge is 0.370 e. The summed E-state index contributed by atoms with van der Waals surface area (Å²) in [6.45, 7) is 3.11. The molecule has 1 atom stereocenters. The number of pyridine rings is 1. The summed E-state index contributed by atoms with van der Waals surface area (Å²) in [6.07, 6.45) is 2.87. The summed E-state index contributed by atoms with van der Waals surface area (Å²) in [4.78, 5) is 4.17. The van der Waals surface area contributed by atoms with Crippen molar-refractivity contribution < 1.29 is 0 Å². The molecule has 4 nitrogen and oxygen atoms in total. The fraction of sp³-hybridized carbons (Fsp3) is 0.455. The maximum Gasteiger partial charge on any atom is 0.127 e. The molecule has 1 aromatic rings. The van der Waals surface area contributed by atoms with Crippen LogP contribution in [0.5, 0.6) is 0 Å². The summed E-state index contributed by atoms with van der Waals surface area (Å²) in [6, 6.07) is 5.59. The van der Waals surface area contributed by atoms with Crippen molar-refractivity contribution in [2.75, 3.05) is 25.0 Å². The third-order valence-electron chi connectivity index (χ3n) is 2.62. The minimum Gasteiger partial charge on any atom is -0.370 e. The quantitative estimate of drug-likeness (QED) is 0.767. The zero-order valence-electron chi connectivity index (χ0n) is 8.53. The zero-order chi connectivity index (χ0) is 10.5. The molecule has 4 heteroatoms. The lowest BCUT2D eigenvalue weighted by Gasteiger charge is -2.10. The van der Waals surface area contributed by atoms with Gasteiger partial charge in [-0.05, 0) is 37.6 Å². The van der Waals surface area contributed by atoms with Crippen LogP contribution < -0.4 is 10.6 Å². The molecular formula is C11H14N4. The van der Waals surface area contributed by atoms with Gasteiger partial charge in [0.1, 0.15) is 5.82 Å². The molecular weight excluding hydrogens is 188 g/mol. The summed E-state index contributed by atoms with van der Waals surface area (Å²) in [5.41, 5.74) is 0.650. The minimum atomic E-state index is 0.650. The van der Waals surface area contributed by atoms with Gasteiger partial charge < -0.3 is 10.6 Å². The van der Waals surface area contributed by atoms with E-state index in [0.29, 0.717) is 11.5 Å². The van der Waals surface area contributed by atoms with Crippen LogP contribution >= 0.6 is 0 Å². The fourth-order valence-corrected chi connectivity index (χ4v) is 1.73. The van der Waals surface area contributed by atoms with E-state index in [1.807, 2.05) is 0 Å². The van der Waals surface area contributed by atoms with Crippen molar-refractivity contribution in [2.24, 2.45) is 5.92 Å². The van der Waals surface area contributed by atoms with E-state index >= 15 is 0 Å². The zero-order valence-corrected chi connectivity index (χ0v) is 8.53. The summed E-state index contributed by atoms with van der Waals surface area (Å²) < 4.78 is 0. The van der Waals surface area contributed by atoms with Crippen LogP contribution in [0.1, 0.15) is 12.0 Å². The molecule has 0 radical (unpaired) electrons. The maximum absolute atomic E-state index is 8.73. The number of nitriles is 1. The molecule has 1 aliphatic heterocycles. The third kappa shape index (κ3) is 2.67. The van der Waals surface area contributed by atoms with Crippen molar-refractivity contribution in [3.8, 4) is 6.07 Å². The number of nitrogens with zero attached hydrogens (tertiary/aromatic N) is 2. The van der Waals surface area contributed by atoms with E-state index in [1.165, 1.54) is 6.42 Å². The van der Waals surface area contributed by atoms with Gasteiger partial charge in [-0.1, -0.05) is 0 Å². The first-order chi connectivity index (χ1) is 7.38. The number of anilines is 1. The van der Waals surface area contributed by atoms with E-state index in [2.05, 4.69) is 21.7 Å². The summed E-state index contributed by atoms with van der Waals surface area (Å²) in [5.74, 6) is 1.47. The van der Waals surface area contributed by atoms with E-state index < -0.39 is 0 Å². The molecule has 2 N–H and O–H groups in total. The van der Waals surface area contributed by atoms with Gasteiger partial charge in [-0.3, -0.25) is 0 Å². The second-order valence-corrected chi connectivity index (χ2v) is 3.78. The molecule has 78 valence electrons. The standard InChI is InChI=1S/C11H14N4/c12-6-9-2-4-14-11(5-9)15-8-10-1-3-13-7-10/h2,4-5,10,13H,1,3,7-8H2,(H,14,15)/t10-/m1/s1. The maximum atomic E-state index is 8.73. The smallest absolute Gasteiger partial charge is 0.127 e. The Balaban J connectivity index is 1.90. The fourth-order valence-electron chi connectivity index (χ4n) is 1.73. The van der Waals surface area contributed by atoms with E-state index in [1.54, 1.807) is 18.3 Å². The Kier molecular flexibility index (Phi) is 3.15. The van der Waals surface area contributed by atoms with Gasteiger partial charge in [-0.15, -0.1) is 0 Å². The lowest BCUT2D eigenvalue weighted by atomic mass is 10.1. The molecule has 0 unspecified atom stereocenters. The van der Waals surface area contributed by atoms with E-state index in [9.17, 15) is 0 Å². The van der Waals surface area contributed by atoms with E-state index in [4.69, 9.17) is 5.26 Å². The molecule has 1 saturated heterocycles. The Morgan fingerprint density at radius 1 is 1.67 bits per heavy atom. The second-order valence-electron chi connectivity index (χ2n) is 3.78. The predicted octanol–water partition coefficient (Wildman–Crippen LogP) is 0.975. The van der Waals surface area contributed by atoms with Crippen molar-refractivity contribution in [3.05, 3.63) is 23.9 Å². The van der Waals surface area contributed by atoms with Crippen LogP contribution in [0.4, 0.5) is 5.82 Å². The molecule has 1 fully saturated rings. The second kappa shape index (κ2) is 4.76. The highest BCUT2D eigenvalue weighted by molar-refractivity contribution is 5.42. The number of rotatable bonds is 3. The van der Waals surface area contributed by atoms with Crippen LogP contribution in [0.25, 0.3) is 0 Å². The number of hydrogen-bond donors (Lipinski definition) is 2. The van der Waals surface area contributed by atoms with Crippen molar-refractivity contribution in [1.29, 1.82) is 5.26 Å². The van der Waals surface area contributed by atoms with Crippen LogP contribution in [0.2, 0.25) is 0 Å². The molecule has 1 aliphatic rings. The first-order valence-corrected chi connectivity index (χ1v) is 5.19. The summed E-state index contributed by atoms with van der Waals surface area (Å²) in [7, 11) is 0. The number of aromatic nitrogens is 1. The molecule has 0 aliphatic carbocycles. The van der Waals surface area contributed by atoms with E-state index in [0.717, 1.165) is 25.5 Å². The van der Waals surface area contributed by atoms with Crippen molar-refractivity contribution in [2.45, 2.75) is 6.42 Å². The minimum absolute atomic E-state index is 0.650. The van der Waals surface area contributed by atoms with Crippen LogP contribution in [-0.2, 0) is 0 Å². The molecule has 15 heavy (non-hydrogen) atoms. The number of hydrogen-bond acceptors (Lipinski definition) is 4. The molecule has 2 rings (SSSR count). The molecule has 0 amide bonds. The summed E-state index contributed by atoms with van der Waals surface area (Å²) in [5, 5.41) is 15.3. The van der Waals surface area contributed by atoms with E-state index in [-0.39, 0.29) is 0 Å². The van der Waals surface area contributed by atoms with Crippen molar-refractivity contribution in [1.82, 2.24) is 10.3 Å². The molecule has 2 heterocycles. The van der Waals surface area contributed by atoms with Gasteiger partial charge >= 0.3 is 0 Å². The Hall–Kier alpha value is -1.60. The lowest BCUT2D eigenvalue weighted by Crippen LogP contribution is -2.17. The third-order valence-corrected chi connectivity index (χ3v) is 2.62. The Labute approximate surface area is 89.3 Å². The normalized spacial score (nSPS) is 19.8. The van der Waals surface area contributed by atoms with Crippen LogP contribution in [0.3, 0.4) is 0 Å². The predicted molar refractivity (Wildman–Crippen MR) is 58.4 cm³/mol. The average Bonchev–Trinajstić information content (AvgIpc) is 2.79. The first-order valence-electron chi connectivity index (χ1n) is 5.19. The van der Waals surface area contributed by atoms with Gasteiger partial charge in [0.15, 0.2) is 0 Å². The van der Waals surface area contributed by atoms with Crippen LogP contribution in [-0.4, -0.2) is 24.6 Å². The van der Waals surface area contributed by atoms with Crippen molar-refractivity contribution >= 4 is 5.82 Å². The van der Waals surface area contributed by atoms with Gasteiger partial charge in [-0.2, -0.15) is 5.26 Å². The average molecular weight is 202 g/mol.